The largest absolute Gasteiger partial charge is 0.481 e. The van der Waals surface area contributed by atoms with Crippen molar-refractivity contribution in [2.75, 3.05) is 11.9 Å². The number of aromatic nitrogens is 1. The fourth-order valence-electron chi connectivity index (χ4n) is 2.79. The number of aliphatic carboxylic acids is 1. The summed E-state index contributed by atoms with van der Waals surface area (Å²) in [5.74, 6) is -0.200. The van der Waals surface area contributed by atoms with Crippen LogP contribution < -0.4 is 5.32 Å². The molecule has 4 nitrogen and oxygen atoms in total. The Balaban J connectivity index is 1.54. The topological polar surface area (TPSA) is 62.2 Å². The van der Waals surface area contributed by atoms with Crippen molar-refractivity contribution < 1.29 is 9.90 Å². The second-order valence-electron chi connectivity index (χ2n) is 5.42. The van der Waals surface area contributed by atoms with Crippen LogP contribution in [0.1, 0.15) is 25.7 Å². The Hall–Kier alpha value is -1.62. The molecule has 1 aliphatic rings. The minimum absolute atomic E-state index is 0.131. The summed E-state index contributed by atoms with van der Waals surface area (Å²) in [4.78, 5) is 15.5. The number of benzene rings is 1. The predicted octanol–water partition coefficient (Wildman–Crippen LogP) is 3.60. The maximum atomic E-state index is 10.9. The molecule has 0 saturated heterocycles. The highest BCUT2D eigenvalue weighted by Crippen LogP contribution is 2.30. The lowest BCUT2D eigenvalue weighted by atomic mass is 9.82. The molecule has 0 aliphatic heterocycles. The van der Waals surface area contributed by atoms with E-state index in [1.54, 1.807) is 11.3 Å². The zero-order valence-corrected chi connectivity index (χ0v) is 12.0. The highest BCUT2D eigenvalue weighted by molar-refractivity contribution is 7.22. The van der Waals surface area contributed by atoms with Gasteiger partial charge in [0.2, 0.25) is 0 Å². The van der Waals surface area contributed by atoms with Crippen LogP contribution in [-0.2, 0) is 4.79 Å². The Morgan fingerprint density at radius 3 is 2.75 bits per heavy atom. The normalized spacial score (nSPS) is 22.8. The summed E-state index contributed by atoms with van der Waals surface area (Å²) in [5.41, 5.74) is 1.04. The zero-order chi connectivity index (χ0) is 13.9. The van der Waals surface area contributed by atoms with E-state index in [-0.39, 0.29) is 5.92 Å². The molecule has 0 radical (unpaired) electrons. The van der Waals surface area contributed by atoms with Gasteiger partial charge in [0.15, 0.2) is 5.13 Å². The van der Waals surface area contributed by atoms with E-state index in [1.165, 1.54) is 4.70 Å². The molecular formula is C15H18N2O2S. The first kappa shape index (κ1) is 13.4. The number of carbonyl (C=O) groups is 1. The molecular weight excluding hydrogens is 272 g/mol. The molecule has 2 aromatic rings. The first-order valence-corrected chi connectivity index (χ1v) is 7.86. The van der Waals surface area contributed by atoms with Crippen molar-refractivity contribution in [3.63, 3.8) is 0 Å². The van der Waals surface area contributed by atoms with Gasteiger partial charge in [-0.3, -0.25) is 4.79 Å². The number of rotatable bonds is 4. The van der Waals surface area contributed by atoms with Crippen LogP contribution in [-0.4, -0.2) is 22.6 Å². The lowest BCUT2D eigenvalue weighted by molar-refractivity contribution is -0.143. The molecule has 0 bridgehead atoms. The van der Waals surface area contributed by atoms with E-state index in [0.29, 0.717) is 5.92 Å². The maximum Gasteiger partial charge on any atom is 0.306 e. The molecule has 1 aromatic heterocycles. The lowest BCUT2D eigenvalue weighted by Gasteiger charge is -2.25. The quantitative estimate of drug-likeness (QED) is 0.903. The molecule has 1 heterocycles. The van der Waals surface area contributed by atoms with Gasteiger partial charge < -0.3 is 10.4 Å². The third-order valence-electron chi connectivity index (χ3n) is 4.03. The Morgan fingerprint density at radius 1 is 1.30 bits per heavy atom. The second kappa shape index (κ2) is 5.79. The van der Waals surface area contributed by atoms with E-state index in [1.807, 2.05) is 18.2 Å². The maximum absolute atomic E-state index is 10.9. The molecule has 0 unspecified atom stereocenters. The van der Waals surface area contributed by atoms with E-state index >= 15 is 0 Å². The van der Waals surface area contributed by atoms with E-state index in [0.717, 1.165) is 42.9 Å². The minimum Gasteiger partial charge on any atom is -0.481 e. The van der Waals surface area contributed by atoms with Crippen LogP contribution in [0.5, 0.6) is 0 Å². The lowest BCUT2D eigenvalue weighted by Crippen LogP contribution is -2.25. The number of carboxylic acid groups (broad SMARTS) is 1. The third kappa shape index (κ3) is 2.93. The van der Waals surface area contributed by atoms with E-state index in [2.05, 4.69) is 16.4 Å². The monoisotopic (exact) mass is 290 g/mol. The number of carboxylic acids is 1. The van der Waals surface area contributed by atoms with Gasteiger partial charge >= 0.3 is 5.97 Å². The standard InChI is InChI=1S/C15H18N2O2S/c18-14(19)11-7-5-10(6-8-11)9-16-15-17-12-3-1-2-4-13(12)20-15/h1-4,10-11H,5-9H2,(H,16,17)(H,18,19). The molecule has 20 heavy (non-hydrogen) atoms. The van der Waals surface area contributed by atoms with Crippen LogP contribution in [0.2, 0.25) is 0 Å². The smallest absolute Gasteiger partial charge is 0.306 e. The molecule has 1 aromatic carbocycles. The van der Waals surface area contributed by atoms with Crippen LogP contribution in [0.15, 0.2) is 24.3 Å². The number of nitrogens with one attached hydrogen (secondary N) is 1. The van der Waals surface area contributed by atoms with E-state index in [9.17, 15) is 4.79 Å². The average molecular weight is 290 g/mol. The van der Waals surface area contributed by atoms with Crippen LogP contribution in [0, 0.1) is 11.8 Å². The molecule has 2 N–H and O–H groups in total. The Morgan fingerprint density at radius 2 is 2.05 bits per heavy atom. The molecule has 5 heteroatoms. The van der Waals surface area contributed by atoms with Gasteiger partial charge in [0.05, 0.1) is 16.1 Å². The fraction of sp³-hybridized carbons (Fsp3) is 0.467. The van der Waals surface area contributed by atoms with Crippen molar-refractivity contribution in [1.29, 1.82) is 0 Å². The van der Waals surface area contributed by atoms with Crippen molar-refractivity contribution in [3.8, 4) is 0 Å². The minimum atomic E-state index is -0.636. The van der Waals surface area contributed by atoms with Crippen molar-refractivity contribution in [1.82, 2.24) is 4.98 Å². The summed E-state index contributed by atoms with van der Waals surface area (Å²) in [6.45, 7) is 0.895. The summed E-state index contributed by atoms with van der Waals surface area (Å²) < 4.78 is 1.20. The van der Waals surface area contributed by atoms with Gasteiger partial charge in [-0.15, -0.1) is 0 Å². The predicted molar refractivity (Wildman–Crippen MR) is 81.2 cm³/mol. The Bertz CT molecular complexity index is 570. The van der Waals surface area contributed by atoms with Gasteiger partial charge in [0.25, 0.3) is 0 Å². The van der Waals surface area contributed by atoms with Crippen LogP contribution in [0.25, 0.3) is 10.2 Å². The first-order valence-electron chi connectivity index (χ1n) is 7.04. The second-order valence-corrected chi connectivity index (χ2v) is 6.45. The van der Waals surface area contributed by atoms with Gasteiger partial charge in [0.1, 0.15) is 0 Å². The van der Waals surface area contributed by atoms with Gasteiger partial charge in [-0.05, 0) is 43.7 Å². The number of anilines is 1. The number of hydrogen-bond acceptors (Lipinski definition) is 4. The van der Waals surface area contributed by atoms with Gasteiger partial charge in [-0.1, -0.05) is 23.5 Å². The molecule has 0 spiro atoms. The summed E-state index contributed by atoms with van der Waals surface area (Å²) in [5, 5.41) is 13.4. The highest BCUT2D eigenvalue weighted by Gasteiger charge is 2.25. The third-order valence-corrected chi connectivity index (χ3v) is 5.03. The van der Waals surface area contributed by atoms with Crippen molar-refractivity contribution in [2.24, 2.45) is 11.8 Å². The molecule has 0 amide bonds. The SMILES string of the molecule is O=C(O)C1CCC(CNc2nc3ccccc3s2)CC1. The Kier molecular flexibility index (Phi) is 3.87. The first-order chi connectivity index (χ1) is 9.72. The fourth-order valence-corrected chi connectivity index (χ4v) is 3.67. The summed E-state index contributed by atoms with van der Waals surface area (Å²) in [6.07, 6.45) is 3.60. The van der Waals surface area contributed by atoms with Crippen LogP contribution in [0.3, 0.4) is 0 Å². The van der Waals surface area contributed by atoms with Gasteiger partial charge in [-0.25, -0.2) is 4.98 Å². The van der Waals surface area contributed by atoms with Crippen LogP contribution >= 0.6 is 11.3 Å². The molecule has 106 valence electrons. The number of thiazole rings is 1. The summed E-state index contributed by atoms with van der Waals surface area (Å²) in [7, 11) is 0. The van der Waals surface area contributed by atoms with Gasteiger partial charge in [-0.2, -0.15) is 0 Å². The molecule has 1 saturated carbocycles. The Labute approximate surface area is 121 Å². The molecule has 0 atom stereocenters. The number of fused-ring (bicyclic) bond motifs is 1. The van der Waals surface area contributed by atoms with Crippen molar-refractivity contribution in [3.05, 3.63) is 24.3 Å². The number of para-hydroxylation sites is 1. The van der Waals surface area contributed by atoms with Crippen molar-refractivity contribution in [2.45, 2.75) is 25.7 Å². The van der Waals surface area contributed by atoms with E-state index in [4.69, 9.17) is 5.11 Å². The number of hydrogen-bond donors (Lipinski definition) is 2. The average Bonchev–Trinajstić information content (AvgIpc) is 2.88. The zero-order valence-electron chi connectivity index (χ0n) is 11.2. The highest BCUT2D eigenvalue weighted by atomic mass is 32.1. The molecule has 1 fully saturated rings. The molecule has 3 rings (SSSR count). The van der Waals surface area contributed by atoms with Crippen molar-refractivity contribution >= 4 is 32.7 Å². The number of nitrogens with zero attached hydrogens (tertiary/aromatic N) is 1. The van der Waals surface area contributed by atoms with Gasteiger partial charge in [0, 0.05) is 6.54 Å². The van der Waals surface area contributed by atoms with E-state index < -0.39 is 5.97 Å². The summed E-state index contributed by atoms with van der Waals surface area (Å²) >= 11 is 1.67. The van der Waals surface area contributed by atoms with Crippen LogP contribution in [0.4, 0.5) is 5.13 Å². The summed E-state index contributed by atoms with van der Waals surface area (Å²) in [6, 6.07) is 8.13. The molecule has 1 aliphatic carbocycles.